The van der Waals surface area contributed by atoms with Crippen molar-refractivity contribution in [3.8, 4) is 11.3 Å². The molecule has 0 unspecified atom stereocenters. The van der Waals surface area contributed by atoms with E-state index >= 15 is 0 Å². The lowest BCUT2D eigenvalue weighted by molar-refractivity contribution is 0.122. The van der Waals surface area contributed by atoms with E-state index < -0.39 is 0 Å². The third kappa shape index (κ3) is 2.85. The zero-order valence-electron chi connectivity index (χ0n) is 12.4. The highest BCUT2D eigenvalue weighted by Crippen LogP contribution is 2.26. The minimum atomic E-state index is 0.461. The van der Waals surface area contributed by atoms with Gasteiger partial charge in [-0.05, 0) is 30.3 Å². The van der Waals surface area contributed by atoms with Gasteiger partial charge < -0.3 is 9.64 Å². The average Bonchev–Trinajstić information content (AvgIpc) is 2.63. The maximum Gasteiger partial charge on any atom is 0.139 e. The van der Waals surface area contributed by atoms with E-state index in [9.17, 15) is 0 Å². The third-order valence-electron chi connectivity index (χ3n) is 3.93. The molecule has 4 rings (SSSR count). The number of anilines is 1. The number of ether oxygens (including phenoxy) is 1. The Morgan fingerprint density at radius 1 is 1.09 bits per heavy atom. The van der Waals surface area contributed by atoms with Crippen molar-refractivity contribution in [3.05, 3.63) is 47.9 Å². The first-order valence-corrected chi connectivity index (χ1v) is 7.89. The summed E-state index contributed by atoms with van der Waals surface area (Å²) in [7, 11) is 0. The van der Waals surface area contributed by atoms with Crippen LogP contribution in [-0.2, 0) is 4.74 Å². The van der Waals surface area contributed by atoms with Gasteiger partial charge in [-0.3, -0.25) is 4.98 Å². The maximum atomic E-state index is 6.27. The fraction of sp³-hybridized carbons (Fsp3) is 0.235. The molecule has 1 aliphatic rings. The number of halogens is 1. The molecule has 0 atom stereocenters. The lowest BCUT2D eigenvalue weighted by Crippen LogP contribution is -2.36. The highest BCUT2D eigenvalue weighted by molar-refractivity contribution is 6.34. The Hall–Kier alpha value is -2.24. The molecule has 1 aliphatic heterocycles. The maximum absolute atomic E-state index is 6.27. The highest BCUT2D eigenvalue weighted by atomic mass is 35.5. The molecule has 116 valence electrons. The molecule has 23 heavy (non-hydrogen) atoms. The van der Waals surface area contributed by atoms with Crippen LogP contribution in [0.25, 0.3) is 22.2 Å². The second kappa shape index (κ2) is 6.10. The summed E-state index contributed by atoms with van der Waals surface area (Å²) in [6.45, 7) is 3.24. The van der Waals surface area contributed by atoms with Gasteiger partial charge in [0, 0.05) is 36.4 Å². The summed E-state index contributed by atoms with van der Waals surface area (Å²) >= 11 is 6.27. The molecule has 0 aliphatic carbocycles. The second-order valence-corrected chi connectivity index (χ2v) is 5.73. The molecular weight excluding hydrogens is 312 g/mol. The van der Waals surface area contributed by atoms with Gasteiger partial charge in [-0.15, -0.1) is 0 Å². The number of morpholine rings is 1. The number of hydrogen-bond donors (Lipinski definition) is 0. The van der Waals surface area contributed by atoms with Gasteiger partial charge in [0.1, 0.15) is 11.0 Å². The molecule has 1 fully saturated rings. The van der Waals surface area contributed by atoms with Gasteiger partial charge in [-0.25, -0.2) is 9.97 Å². The Labute approximate surface area is 138 Å². The van der Waals surface area contributed by atoms with Crippen LogP contribution >= 0.6 is 11.6 Å². The van der Waals surface area contributed by atoms with E-state index in [-0.39, 0.29) is 0 Å². The quantitative estimate of drug-likeness (QED) is 0.677. The molecule has 3 aromatic rings. The van der Waals surface area contributed by atoms with Crippen LogP contribution < -0.4 is 4.90 Å². The van der Waals surface area contributed by atoms with E-state index in [0.29, 0.717) is 5.15 Å². The lowest BCUT2D eigenvalue weighted by Gasteiger charge is -2.27. The number of fused-ring (bicyclic) bond motifs is 1. The van der Waals surface area contributed by atoms with Crippen molar-refractivity contribution in [3.63, 3.8) is 0 Å². The summed E-state index contributed by atoms with van der Waals surface area (Å²) in [5.41, 5.74) is 2.54. The van der Waals surface area contributed by atoms with E-state index in [1.807, 2.05) is 36.5 Å². The van der Waals surface area contributed by atoms with Crippen LogP contribution in [0.1, 0.15) is 0 Å². The lowest BCUT2D eigenvalue weighted by atomic mass is 10.1. The average molecular weight is 327 g/mol. The zero-order chi connectivity index (χ0) is 15.6. The molecule has 0 saturated carbocycles. The number of rotatable bonds is 2. The first-order valence-electron chi connectivity index (χ1n) is 7.52. The Balaban J connectivity index is 1.67. The molecule has 0 N–H and O–H groups in total. The zero-order valence-corrected chi connectivity index (χ0v) is 13.2. The Morgan fingerprint density at radius 2 is 1.96 bits per heavy atom. The van der Waals surface area contributed by atoms with E-state index in [2.05, 4.69) is 19.9 Å². The van der Waals surface area contributed by atoms with Gasteiger partial charge in [-0.1, -0.05) is 11.6 Å². The van der Waals surface area contributed by atoms with Gasteiger partial charge in [0.25, 0.3) is 0 Å². The van der Waals surface area contributed by atoms with Crippen LogP contribution in [0, 0.1) is 0 Å². The first kappa shape index (κ1) is 14.4. The van der Waals surface area contributed by atoms with Crippen molar-refractivity contribution >= 4 is 28.3 Å². The van der Waals surface area contributed by atoms with Crippen LogP contribution in [0.5, 0.6) is 0 Å². The molecule has 3 aromatic heterocycles. The van der Waals surface area contributed by atoms with Gasteiger partial charge in [0.2, 0.25) is 0 Å². The summed E-state index contributed by atoms with van der Waals surface area (Å²) in [4.78, 5) is 15.6. The topological polar surface area (TPSA) is 51.1 Å². The molecule has 4 heterocycles. The summed E-state index contributed by atoms with van der Waals surface area (Å²) in [6, 6.07) is 9.74. The molecular formula is C17H15ClN4O. The third-order valence-corrected chi connectivity index (χ3v) is 4.22. The minimum Gasteiger partial charge on any atom is -0.378 e. The molecule has 0 spiro atoms. The van der Waals surface area contributed by atoms with Crippen LogP contribution in [0.4, 0.5) is 5.82 Å². The summed E-state index contributed by atoms with van der Waals surface area (Å²) in [6.07, 6.45) is 3.58. The number of aromatic nitrogens is 3. The van der Waals surface area contributed by atoms with Crippen LogP contribution in [0.2, 0.25) is 5.15 Å². The number of pyridine rings is 3. The predicted octanol–water partition coefficient (Wildman–Crippen LogP) is 3.18. The van der Waals surface area contributed by atoms with E-state index in [1.165, 1.54) is 0 Å². The molecule has 0 radical (unpaired) electrons. The van der Waals surface area contributed by atoms with E-state index in [0.717, 1.165) is 54.3 Å². The standard InChI is InChI=1S/C17H15ClN4O/c18-17-13-2-1-5-19-15(13)10-14(21-17)12-3-4-16(20-11-12)22-6-8-23-9-7-22/h1-5,10-11H,6-9H2. The minimum absolute atomic E-state index is 0.461. The predicted molar refractivity (Wildman–Crippen MR) is 90.8 cm³/mol. The smallest absolute Gasteiger partial charge is 0.139 e. The van der Waals surface area contributed by atoms with Gasteiger partial charge in [0.05, 0.1) is 24.4 Å². The van der Waals surface area contributed by atoms with Gasteiger partial charge >= 0.3 is 0 Å². The fourth-order valence-electron chi connectivity index (χ4n) is 2.70. The molecule has 0 bridgehead atoms. The van der Waals surface area contributed by atoms with Crippen LogP contribution in [0.15, 0.2) is 42.7 Å². The second-order valence-electron chi connectivity index (χ2n) is 5.37. The monoisotopic (exact) mass is 326 g/mol. The Kier molecular flexibility index (Phi) is 3.81. The number of nitrogens with zero attached hydrogens (tertiary/aromatic N) is 4. The molecule has 6 heteroatoms. The van der Waals surface area contributed by atoms with Crippen LogP contribution in [-0.4, -0.2) is 41.3 Å². The Bertz CT molecular complexity index is 832. The van der Waals surface area contributed by atoms with E-state index in [4.69, 9.17) is 16.3 Å². The van der Waals surface area contributed by atoms with Crippen molar-refractivity contribution < 1.29 is 4.74 Å². The largest absolute Gasteiger partial charge is 0.378 e. The normalized spacial score (nSPS) is 15.1. The van der Waals surface area contributed by atoms with Crippen LogP contribution in [0.3, 0.4) is 0 Å². The first-order chi connectivity index (χ1) is 11.3. The van der Waals surface area contributed by atoms with Gasteiger partial charge in [0.15, 0.2) is 0 Å². The summed E-state index contributed by atoms with van der Waals surface area (Å²) in [5, 5.41) is 1.32. The summed E-state index contributed by atoms with van der Waals surface area (Å²) in [5.74, 6) is 0.960. The van der Waals surface area contributed by atoms with Crippen molar-refractivity contribution in [2.24, 2.45) is 0 Å². The molecule has 1 saturated heterocycles. The number of hydrogen-bond acceptors (Lipinski definition) is 5. The summed E-state index contributed by atoms with van der Waals surface area (Å²) < 4.78 is 5.37. The molecule has 0 aromatic carbocycles. The molecule has 0 amide bonds. The van der Waals surface area contributed by atoms with Crippen molar-refractivity contribution in [2.45, 2.75) is 0 Å². The fourth-order valence-corrected chi connectivity index (χ4v) is 2.95. The SMILES string of the molecule is Clc1nc(-c2ccc(N3CCOCC3)nc2)cc2ncccc12. The Morgan fingerprint density at radius 3 is 2.74 bits per heavy atom. The van der Waals surface area contributed by atoms with Gasteiger partial charge in [-0.2, -0.15) is 0 Å². The van der Waals surface area contributed by atoms with E-state index in [1.54, 1.807) is 6.20 Å². The van der Waals surface area contributed by atoms with Crippen molar-refractivity contribution in [1.29, 1.82) is 0 Å². The van der Waals surface area contributed by atoms with Crippen molar-refractivity contribution in [1.82, 2.24) is 15.0 Å². The molecule has 5 nitrogen and oxygen atoms in total. The highest BCUT2D eigenvalue weighted by Gasteiger charge is 2.13. The van der Waals surface area contributed by atoms with Crippen molar-refractivity contribution in [2.75, 3.05) is 31.2 Å².